The monoisotopic (exact) mass is 430 g/mol. The van der Waals surface area contributed by atoms with Gasteiger partial charge < -0.3 is 20.3 Å². The van der Waals surface area contributed by atoms with Crippen molar-refractivity contribution in [1.82, 2.24) is 9.97 Å². The van der Waals surface area contributed by atoms with E-state index >= 15 is 0 Å². The Labute approximate surface area is 183 Å². The molecule has 0 unspecified atom stereocenters. The lowest BCUT2D eigenvalue weighted by molar-refractivity contribution is 0.143. The molecule has 3 N–H and O–H groups in total. The maximum absolute atomic E-state index is 13.3. The minimum absolute atomic E-state index is 0.0608. The number of rotatable bonds is 1. The van der Waals surface area contributed by atoms with Gasteiger partial charge in [-0.1, -0.05) is 17.9 Å². The van der Waals surface area contributed by atoms with Crippen molar-refractivity contribution in [2.75, 3.05) is 6.61 Å². The van der Waals surface area contributed by atoms with E-state index in [-0.39, 0.29) is 12.6 Å². The van der Waals surface area contributed by atoms with E-state index < -0.39 is 17.1 Å². The van der Waals surface area contributed by atoms with E-state index in [4.69, 9.17) is 15.2 Å². The smallest absolute Gasteiger partial charge is 0.283 e. The first kappa shape index (κ1) is 20.0. The Bertz CT molecular complexity index is 1320. The molecule has 5 rings (SSSR count). The SMILES string of the molecule is CC(C)(O)C#Cc1cnc2c(c1)[C@]1(COC(N)=N1)c1cc(-c3ccc(F)nc3)ccc1O2. The number of aromatic nitrogens is 2. The lowest BCUT2D eigenvalue weighted by Crippen LogP contribution is -2.31. The molecule has 0 amide bonds. The maximum atomic E-state index is 13.3. The quantitative estimate of drug-likeness (QED) is 0.454. The average molecular weight is 430 g/mol. The van der Waals surface area contributed by atoms with Gasteiger partial charge in [0.2, 0.25) is 11.8 Å². The van der Waals surface area contributed by atoms with Crippen LogP contribution in [0.2, 0.25) is 0 Å². The van der Waals surface area contributed by atoms with Crippen molar-refractivity contribution >= 4 is 6.02 Å². The van der Waals surface area contributed by atoms with Crippen molar-refractivity contribution in [3.8, 4) is 34.6 Å². The molecule has 0 saturated carbocycles. The Hall–Kier alpha value is -3.96. The molecule has 1 atom stereocenters. The van der Waals surface area contributed by atoms with E-state index in [9.17, 15) is 9.50 Å². The molecule has 3 aromatic rings. The highest BCUT2D eigenvalue weighted by Gasteiger charge is 2.47. The number of nitrogens with two attached hydrogens (primary N) is 1. The minimum Gasteiger partial charge on any atom is -0.462 e. The lowest BCUT2D eigenvalue weighted by Gasteiger charge is -2.33. The molecule has 2 aliphatic rings. The molecule has 0 radical (unpaired) electrons. The first-order valence-electron chi connectivity index (χ1n) is 9.92. The van der Waals surface area contributed by atoms with E-state index in [0.29, 0.717) is 22.8 Å². The van der Waals surface area contributed by atoms with Crippen molar-refractivity contribution < 1.29 is 19.0 Å². The van der Waals surface area contributed by atoms with Crippen LogP contribution in [-0.4, -0.2) is 33.3 Å². The molecule has 1 aromatic carbocycles. The molecule has 0 aliphatic carbocycles. The Balaban J connectivity index is 1.67. The number of hydrogen-bond acceptors (Lipinski definition) is 7. The van der Waals surface area contributed by atoms with Gasteiger partial charge in [0.15, 0.2) is 5.54 Å². The van der Waals surface area contributed by atoms with Crippen LogP contribution >= 0.6 is 0 Å². The number of pyridine rings is 2. The minimum atomic E-state index is -1.15. The van der Waals surface area contributed by atoms with E-state index in [2.05, 4.69) is 26.8 Å². The summed E-state index contributed by atoms with van der Waals surface area (Å²) in [6, 6.07) is 10.4. The third-order valence-electron chi connectivity index (χ3n) is 5.23. The zero-order chi connectivity index (χ0) is 22.5. The van der Waals surface area contributed by atoms with Crippen LogP contribution < -0.4 is 10.5 Å². The van der Waals surface area contributed by atoms with Crippen LogP contribution in [0.5, 0.6) is 11.6 Å². The van der Waals surface area contributed by atoms with Gasteiger partial charge in [0.1, 0.15) is 18.0 Å². The normalized spacial score (nSPS) is 18.6. The van der Waals surface area contributed by atoms with Crippen LogP contribution in [0.4, 0.5) is 4.39 Å². The van der Waals surface area contributed by atoms with Gasteiger partial charge in [-0.05, 0) is 49.7 Å². The number of nitrogens with zero attached hydrogens (tertiary/aromatic N) is 3. The predicted octanol–water partition coefficient (Wildman–Crippen LogP) is 3.10. The molecule has 8 heteroatoms. The molecule has 2 aliphatic heterocycles. The van der Waals surface area contributed by atoms with Crippen molar-refractivity contribution in [2.24, 2.45) is 10.7 Å². The highest BCUT2D eigenvalue weighted by Crippen LogP contribution is 2.51. The van der Waals surface area contributed by atoms with E-state index in [0.717, 1.165) is 16.7 Å². The first-order valence-corrected chi connectivity index (χ1v) is 9.92. The third kappa shape index (κ3) is 3.43. The topological polar surface area (TPSA) is 103 Å². The van der Waals surface area contributed by atoms with Gasteiger partial charge in [-0.3, -0.25) is 0 Å². The Kier molecular flexibility index (Phi) is 4.39. The van der Waals surface area contributed by atoms with Gasteiger partial charge in [0.05, 0.1) is 5.56 Å². The summed E-state index contributed by atoms with van der Waals surface area (Å²) in [4.78, 5) is 12.8. The fourth-order valence-corrected chi connectivity index (χ4v) is 3.75. The Morgan fingerprint density at radius 2 is 1.91 bits per heavy atom. The molecular weight excluding hydrogens is 411 g/mol. The molecule has 0 saturated heterocycles. The molecule has 2 aromatic heterocycles. The summed E-state index contributed by atoms with van der Waals surface area (Å²) in [7, 11) is 0. The van der Waals surface area contributed by atoms with Crippen LogP contribution in [0, 0.1) is 17.8 Å². The highest BCUT2D eigenvalue weighted by molar-refractivity contribution is 5.77. The van der Waals surface area contributed by atoms with E-state index in [1.165, 1.54) is 12.3 Å². The number of aliphatic imine (C=N–C) groups is 1. The number of amidine groups is 1. The van der Waals surface area contributed by atoms with Crippen molar-refractivity contribution in [3.05, 3.63) is 71.4 Å². The number of benzene rings is 1. The second-order valence-electron chi connectivity index (χ2n) is 8.17. The summed E-state index contributed by atoms with van der Waals surface area (Å²) in [6.07, 6.45) is 3.05. The van der Waals surface area contributed by atoms with Crippen LogP contribution in [-0.2, 0) is 10.3 Å². The molecular formula is C24H19FN4O3. The average Bonchev–Trinajstić information content (AvgIpc) is 3.15. The summed E-state index contributed by atoms with van der Waals surface area (Å²) in [5.41, 5.74) is 7.35. The van der Waals surface area contributed by atoms with Gasteiger partial charge in [-0.2, -0.15) is 4.39 Å². The molecule has 4 heterocycles. The second kappa shape index (κ2) is 7.04. The summed E-state index contributed by atoms with van der Waals surface area (Å²) < 4.78 is 24.9. The molecule has 0 fully saturated rings. The highest BCUT2D eigenvalue weighted by atomic mass is 19.1. The predicted molar refractivity (Wildman–Crippen MR) is 115 cm³/mol. The first-order chi connectivity index (χ1) is 15.2. The molecule has 160 valence electrons. The molecule has 0 bridgehead atoms. The number of hydrogen-bond donors (Lipinski definition) is 2. The van der Waals surface area contributed by atoms with E-state index in [1.807, 2.05) is 24.3 Å². The van der Waals surface area contributed by atoms with Crippen molar-refractivity contribution in [3.63, 3.8) is 0 Å². The van der Waals surface area contributed by atoms with E-state index in [1.54, 1.807) is 26.1 Å². The molecule has 32 heavy (non-hydrogen) atoms. The Morgan fingerprint density at radius 3 is 2.59 bits per heavy atom. The van der Waals surface area contributed by atoms with Gasteiger partial charge in [-0.15, -0.1) is 0 Å². The fraction of sp³-hybridized carbons (Fsp3) is 0.208. The van der Waals surface area contributed by atoms with Gasteiger partial charge in [0, 0.05) is 29.1 Å². The molecule has 1 spiro atoms. The van der Waals surface area contributed by atoms with Gasteiger partial charge >= 0.3 is 0 Å². The third-order valence-corrected chi connectivity index (χ3v) is 5.23. The zero-order valence-electron chi connectivity index (χ0n) is 17.4. The van der Waals surface area contributed by atoms with Crippen LogP contribution in [0.25, 0.3) is 11.1 Å². The summed E-state index contributed by atoms with van der Waals surface area (Å²) >= 11 is 0. The number of fused-ring (bicyclic) bond motifs is 4. The van der Waals surface area contributed by atoms with Gasteiger partial charge in [0.25, 0.3) is 6.02 Å². The fourth-order valence-electron chi connectivity index (χ4n) is 3.75. The standard InChI is InChI=1S/C24H19FN4O3/c1-23(2,30)8-7-14-9-18-21(28-11-14)32-19-5-3-15(16-4-6-20(25)27-12-16)10-17(19)24(18)13-31-22(26)29-24/h3-6,9-12,30H,13H2,1-2H3,(H2,26,29)/t24-/m0/s1. The van der Waals surface area contributed by atoms with Crippen LogP contribution in [0.3, 0.4) is 0 Å². The van der Waals surface area contributed by atoms with Crippen molar-refractivity contribution in [1.29, 1.82) is 0 Å². The van der Waals surface area contributed by atoms with Crippen LogP contribution in [0.15, 0.2) is 53.8 Å². The van der Waals surface area contributed by atoms with Crippen LogP contribution in [0.1, 0.15) is 30.5 Å². The summed E-state index contributed by atoms with van der Waals surface area (Å²) in [6.45, 7) is 3.38. The number of ether oxygens (including phenoxy) is 2. The zero-order valence-corrected chi connectivity index (χ0v) is 17.4. The summed E-state index contributed by atoms with van der Waals surface area (Å²) in [5.74, 6) is 6.12. The lowest BCUT2D eigenvalue weighted by atomic mass is 9.81. The Morgan fingerprint density at radius 1 is 1.09 bits per heavy atom. The largest absolute Gasteiger partial charge is 0.462 e. The van der Waals surface area contributed by atoms with Crippen molar-refractivity contribution in [2.45, 2.75) is 25.0 Å². The summed E-state index contributed by atoms with van der Waals surface area (Å²) in [5, 5.41) is 9.94. The number of halogens is 1. The van der Waals surface area contributed by atoms with Gasteiger partial charge in [-0.25, -0.2) is 15.0 Å². The number of aliphatic hydroxyl groups is 1. The maximum Gasteiger partial charge on any atom is 0.283 e. The molecule has 7 nitrogen and oxygen atoms in total. The second-order valence-corrected chi connectivity index (χ2v) is 8.17.